The molecule has 3 nitrogen and oxygen atoms in total. The van der Waals surface area contributed by atoms with Gasteiger partial charge in [-0.1, -0.05) is 212 Å². The van der Waals surface area contributed by atoms with Crippen LogP contribution in [-0.2, 0) is 10.8 Å². The zero-order valence-electron chi connectivity index (χ0n) is 41.7. The lowest BCUT2D eigenvalue weighted by atomic mass is 9.65. The van der Waals surface area contributed by atoms with Gasteiger partial charge in [0, 0.05) is 44.2 Å². The summed E-state index contributed by atoms with van der Waals surface area (Å²) in [6, 6.07) is 100. The normalized spacial score (nSPS) is 14.2. The van der Waals surface area contributed by atoms with E-state index in [9.17, 15) is 0 Å². The molecule has 2 aromatic heterocycles. The molecule has 18 rings (SSSR count). The Hall–Kier alpha value is -9.96. The maximum absolute atomic E-state index is 6.62. The van der Waals surface area contributed by atoms with E-state index in [0.29, 0.717) is 0 Å². The van der Waals surface area contributed by atoms with Crippen LogP contribution >= 0.6 is 0 Å². The van der Waals surface area contributed by atoms with Crippen molar-refractivity contribution in [2.24, 2.45) is 0 Å². The molecule has 77 heavy (non-hydrogen) atoms. The maximum atomic E-state index is 6.62. The highest BCUT2D eigenvalue weighted by Gasteiger charge is 2.53. The summed E-state index contributed by atoms with van der Waals surface area (Å²) in [5.74, 6) is 0. The van der Waals surface area contributed by atoms with E-state index in [0.717, 1.165) is 50.1 Å². The fourth-order valence-electron chi connectivity index (χ4n) is 15.1. The molecular formula is C74H44N2O. The van der Waals surface area contributed by atoms with E-state index in [4.69, 9.17) is 4.42 Å². The summed E-state index contributed by atoms with van der Waals surface area (Å²) in [5.41, 5.74) is 28.0. The molecule has 0 radical (unpaired) electrons. The Bertz CT molecular complexity index is 4780. The lowest BCUT2D eigenvalue weighted by molar-refractivity contribution is 0.670. The molecule has 0 bridgehead atoms. The van der Waals surface area contributed by atoms with Crippen molar-refractivity contribution < 1.29 is 4.42 Å². The first kappa shape index (κ1) is 41.4. The van der Waals surface area contributed by atoms with Crippen LogP contribution in [0.25, 0.3) is 93.9 Å². The topological polar surface area (TPSA) is 21.3 Å². The van der Waals surface area contributed by atoms with Crippen molar-refractivity contribution in [3.8, 4) is 50.2 Å². The zero-order chi connectivity index (χ0) is 50.1. The molecule has 2 spiro atoms. The van der Waals surface area contributed by atoms with Crippen LogP contribution in [0.1, 0.15) is 44.5 Å². The molecular weight excluding hydrogens is 933 g/mol. The van der Waals surface area contributed by atoms with E-state index in [1.165, 1.54) is 105 Å². The predicted molar refractivity (Wildman–Crippen MR) is 315 cm³/mol. The van der Waals surface area contributed by atoms with Crippen LogP contribution in [0.5, 0.6) is 0 Å². The predicted octanol–water partition coefficient (Wildman–Crippen LogP) is 18.8. The van der Waals surface area contributed by atoms with Crippen LogP contribution in [0.2, 0.25) is 0 Å². The van der Waals surface area contributed by atoms with E-state index in [1.807, 2.05) is 6.07 Å². The molecule has 12 aromatic carbocycles. The SMILES string of the molecule is c1ccc2c(c1)-c1ccccc1C21c2ccccc2-c2ccc(N(c3ccc(-c4cccc5c4oc4ccccc45)cc3)c3ccc4c(c3)C3(c5ccccc5-c5ccccc53)c3cccc5c6ccccc6n-4c35)cc21. The Labute approximate surface area is 444 Å². The first-order valence-corrected chi connectivity index (χ1v) is 26.8. The van der Waals surface area contributed by atoms with E-state index in [2.05, 4.69) is 270 Å². The van der Waals surface area contributed by atoms with Crippen molar-refractivity contribution in [2.75, 3.05) is 4.90 Å². The number of anilines is 3. The average molecular weight is 977 g/mol. The Balaban J connectivity index is 0.919. The van der Waals surface area contributed by atoms with E-state index < -0.39 is 10.8 Å². The monoisotopic (exact) mass is 976 g/mol. The minimum absolute atomic E-state index is 0.502. The lowest BCUT2D eigenvalue weighted by Gasteiger charge is -2.40. The van der Waals surface area contributed by atoms with Crippen LogP contribution in [-0.4, -0.2) is 4.57 Å². The van der Waals surface area contributed by atoms with Crippen molar-refractivity contribution in [1.82, 2.24) is 4.57 Å². The third kappa shape index (κ3) is 5.07. The van der Waals surface area contributed by atoms with E-state index in [-0.39, 0.29) is 0 Å². The summed E-state index contributed by atoms with van der Waals surface area (Å²) in [7, 11) is 0. The van der Waals surface area contributed by atoms with Gasteiger partial charge in [-0.25, -0.2) is 0 Å². The number of nitrogens with zero attached hydrogens (tertiary/aromatic N) is 2. The first-order chi connectivity index (χ1) is 38.2. The van der Waals surface area contributed by atoms with Gasteiger partial charge in [-0.15, -0.1) is 0 Å². The van der Waals surface area contributed by atoms with Crippen molar-refractivity contribution >= 4 is 60.8 Å². The fourth-order valence-corrected chi connectivity index (χ4v) is 15.1. The van der Waals surface area contributed by atoms with Crippen molar-refractivity contribution in [1.29, 1.82) is 0 Å². The van der Waals surface area contributed by atoms with Crippen LogP contribution in [0.4, 0.5) is 17.1 Å². The fraction of sp³-hybridized carbons (Fsp3) is 0.0270. The molecule has 3 heteroatoms. The number of para-hydroxylation sites is 4. The van der Waals surface area contributed by atoms with Gasteiger partial charge in [-0.05, 0) is 138 Å². The molecule has 0 saturated heterocycles. The van der Waals surface area contributed by atoms with Gasteiger partial charge >= 0.3 is 0 Å². The molecule has 3 heterocycles. The van der Waals surface area contributed by atoms with Gasteiger partial charge in [0.1, 0.15) is 11.2 Å². The second kappa shape index (κ2) is 14.9. The Kier molecular flexibility index (Phi) is 8.00. The summed E-state index contributed by atoms with van der Waals surface area (Å²) >= 11 is 0. The largest absolute Gasteiger partial charge is 0.455 e. The number of furan rings is 1. The van der Waals surface area contributed by atoms with Gasteiger partial charge < -0.3 is 13.9 Å². The molecule has 4 aliphatic rings. The molecule has 0 fully saturated rings. The summed E-state index contributed by atoms with van der Waals surface area (Å²) in [6.45, 7) is 0. The molecule has 14 aromatic rings. The Morgan fingerprint density at radius 3 is 1.38 bits per heavy atom. The highest BCUT2D eigenvalue weighted by molar-refractivity contribution is 6.13. The van der Waals surface area contributed by atoms with E-state index >= 15 is 0 Å². The number of rotatable bonds is 4. The van der Waals surface area contributed by atoms with Crippen LogP contribution in [0.15, 0.2) is 271 Å². The highest BCUT2D eigenvalue weighted by atomic mass is 16.3. The Morgan fingerprint density at radius 1 is 0.299 bits per heavy atom. The number of hydrogen-bond acceptors (Lipinski definition) is 2. The van der Waals surface area contributed by atoms with Crippen LogP contribution in [0.3, 0.4) is 0 Å². The molecule has 356 valence electrons. The van der Waals surface area contributed by atoms with Gasteiger partial charge in [-0.2, -0.15) is 0 Å². The van der Waals surface area contributed by atoms with Gasteiger partial charge in [0.25, 0.3) is 0 Å². The summed E-state index contributed by atoms with van der Waals surface area (Å²) < 4.78 is 9.17. The molecule has 0 atom stereocenters. The molecule has 0 unspecified atom stereocenters. The van der Waals surface area contributed by atoms with Gasteiger partial charge in [0.15, 0.2) is 0 Å². The lowest BCUT2D eigenvalue weighted by Crippen LogP contribution is -2.33. The number of benzene rings is 12. The van der Waals surface area contributed by atoms with Crippen LogP contribution in [0, 0.1) is 0 Å². The quantitative estimate of drug-likeness (QED) is 0.175. The van der Waals surface area contributed by atoms with Crippen molar-refractivity contribution in [3.63, 3.8) is 0 Å². The van der Waals surface area contributed by atoms with Gasteiger partial charge in [0.05, 0.1) is 27.6 Å². The zero-order valence-corrected chi connectivity index (χ0v) is 41.7. The average Bonchev–Trinajstić information content (AvgIpc) is 4.46. The molecule has 3 aliphatic carbocycles. The smallest absolute Gasteiger partial charge is 0.143 e. The minimum atomic E-state index is -0.607. The molecule has 0 N–H and O–H groups in total. The Morgan fingerprint density at radius 2 is 0.740 bits per heavy atom. The standard InChI is InChI=1S/C74H44N2O/c1-8-27-60-50(17-1)51-18-2-9-28-61(51)73(60)62-29-10-5-21-54(62)55-41-39-47(43-66(55)73)75(46-37-35-45(36-38-46)49-24-15-26-59-57-23-7-14-34-70(57)77-72(49)59)48-40-42-69-67(44-48)74(63-30-11-3-19-52(63)53-20-4-12-31-64(53)74)65-32-16-25-58-56-22-6-13-33-68(56)76(69)71(58)65/h1-44H. The van der Waals surface area contributed by atoms with E-state index in [1.54, 1.807) is 0 Å². The summed E-state index contributed by atoms with van der Waals surface area (Å²) in [5, 5.41) is 4.79. The maximum Gasteiger partial charge on any atom is 0.143 e. The first-order valence-electron chi connectivity index (χ1n) is 26.8. The van der Waals surface area contributed by atoms with Crippen LogP contribution < -0.4 is 4.90 Å². The molecule has 1 aliphatic heterocycles. The highest BCUT2D eigenvalue weighted by Crippen LogP contribution is 2.65. The minimum Gasteiger partial charge on any atom is -0.455 e. The number of hydrogen-bond donors (Lipinski definition) is 0. The van der Waals surface area contributed by atoms with Crippen molar-refractivity contribution in [2.45, 2.75) is 10.8 Å². The second-order valence-corrected chi connectivity index (χ2v) is 21.4. The third-order valence-electron chi connectivity index (χ3n) is 18.0. The second-order valence-electron chi connectivity index (χ2n) is 21.4. The van der Waals surface area contributed by atoms with Crippen molar-refractivity contribution in [3.05, 3.63) is 311 Å². The molecule has 0 amide bonds. The third-order valence-corrected chi connectivity index (χ3v) is 18.0. The number of aromatic nitrogens is 1. The van der Waals surface area contributed by atoms with Gasteiger partial charge in [0.2, 0.25) is 0 Å². The summed E-state index contributed by atoms with van der Waals surface area (Å²) in [6.07, 6.45) is 0. The molecule has 0 saturated carbocycles. The number of fused-ring (bicyclic) bond motifs is 25. The summed E-state index contributed by atoms with van der Waals surface area (Å²) in [4.78, 5) is 2.51. The van der Waals surface area contributed by atoms with Gasteiger partial charge in [-0.3, -0.25) is 0 Å².